The van der Waals surface area contributed by atoms with Gasteiger partial charge in [0.05, 0.1) is 4.88 Å². The van der Waals surface area contributed by atoms with Crippen LogP contribution in [-0.2, 0) is 17.6 Å². The molecular formula is C20H30N2O2S. The summed E-state index contributed by atoms with van der Waals surface area (Å²) in [6.45, 7) is 6.01. The highest BCUT2D eigenvalue weighted by molar-refractivity contribution is 7.14. The Hall–Kier alpha value is -1.36. The van der Waals surface area contributed by atoms with Crippen molar-refractivity contribution in [2.24, 2.45) is 5.92 Å². The second-order valence-corrected chi connectivity index (χ2v) is 8.51. The Kier molecular flexibility index (Phi) is 6.15. The molecule has 3 rings (SSSR count). The SMILES string of the molecule is CCC(CC)NC(=O)[C@@H]1CCc2sc(C(=O)N3CCCCC3)cc2C1. The van der Waals surface area contributed by atoms with Crippen LogP contribution in [-0.4, -0.2) is 35.8 Å². The summed E-state index contributed by atoms with van der Waals surface area (Å²) in [6.07, 6.45) is 8.04. The number of hydrogen-bond acceptors (Lipinski definition) is 3. The quantitative estimate of drug-likeness (QED) is 0.866. The first-order valence-electron chi connectivity index (χ1n) is 9.83. The van der Waals surface area contributed by atoms with E-state index in [9.17, 15) is 9.59 Å². The van der Waals surface area contributed by atoms with Crippen molar-refractivity contribution >= 4 is 23.2 Å². The number of carbonyl (C=O) groups is 2. The van der Waals surface area contributed by atoms with Gasteiger partial charge >= 0.3 is 0 Å². The van der Waals surface area contributed by atoms with E-state index in [2.05, 4.69) is 25.2 Å². The zero-order valence-corrected chi connectivity index (χ0v) is 16.3. The van der Waals surface area contributed by atoms with Crippen LogP contribution in [0.15, 0.2) is 6.07 Å². The Morgan fingerprint density at radius 2 is 1.96 bits per heavy atom. The molecule has 0 saturated carbocycles. The number of rotatable bonds is 5. The van der Waals surface area contributed by atoms with Gasteiger partial charge in [0.15, 0.2) is 0 Å². The van der Waals surface area contributed by atoms with Gasteiger partial charge < -0.3 is 10.2 Å². The molecule has 1 aliphatic carbocycles. The van der Waals surface area contributed by atoms with Crippen molar-refractivity contribution in [3.05, 3.63) is 21.4 Å². The van der Waals surface area contributed by atoms with E-state index < -0.39 is 0 Å². The fourth-order valence-electron chi connectivity index (χ4n) is 3.92. The third kappa shape index (κ3) is 4.25. The topological polar surface area (TPSA) is 49.4 Å². The molecule has 0 radical (unpaired) electrons. The van der Waals surface area contributed by atoms with Crippen LogP contribution >= 0.6 is 11.3 Å². The van der Waals surface area contributed by atoms with Crippen LogP contribution in [0.4, 0.5) is 0 Å². The zero-order chi connectivity index (χ0) is 17.8. The van der Waals surface area contributed by atoms with Crippen molar-refractivity contribution in [1.29, 1.82) is 0 Å². The van der Waals surface area contributed by atoms with Crippen molar-refractivity contribution in [3.8, 4) is 0 Å². The molecule has 1 atom stereocenters. The van der Waals surface area contributed by atoms with Gasteiger partial charge in [-0.05, 0) is 63.0 Å². The largest absolute Gasteiger partial charge is 0.353 e. The first-order chi connectivity index (χ1) is 12.1. The van der Waals surface area contributed by atoms with E-state index in [1.54, 1.807) is 11.3 Å². The predicted octanol–water partition coefficient (Wildman–Crippen LogP) is 3.78. The normalized spacial score (nSPS) is 20.4. The monoisotopic (exact) mass is 362 g/mol. The van der Waals surface area contributed by atoms with Crippen molar-refractivity contribution in [1.82, 2.24) is 10.2 Å². The molecule has 2 heterocycles. The van der Waals surface area contributed by atoms with E-state index >= 15 is 0 Å². The van der Waals surface area contributed by atoms with Crippen LogP contribution in [0.25, 0.3) is 0 Å². The summed E-state index contributed by atoms with van der Waals surface area (Å²) < 4.78 is 0. The summed E-state index contributed by atoms with van der Waals surface area (Å²) >= 11 is 1.65. The van der Waals surface area contributed by atoms with E-state index in [1.807, 2.05) is 4.90 Å². The van der Waals surface area contributed by atoms with E-state index in [0.717, 1.165) is 62.9 Å². The molecule has 0 unspecified atom stereocenters. The van der Waals surface area contributed by atoms with Gasteiger partial charge in [0.1, 0.15) is 0 Å². The number of aryl methyl sites for hydroxylation is 1. The molecule has 1 fully saturated rings. The van der Waals surface area contributed by atoms with Gasteiger partial charge in [0, 0.05) is 29.9 Å². The summed E-state index contributed by atoms with van der Waals surface area (Å²) in [5.74, 6) is 0.437. The highest BCUT2D eigenvalue weighted by atomic mass is 32.1. The molecule has 1 saturated heterocycles. The van der Waals surface area contributed by atoms with Gasteiger partial charge in [0.25, 0.3) is 5.91 Å². The van der Waals surface area contributed by atoms with Gasteiger partial charge in [0.2, 0.25) is 5.91 Å². The lowest BCUT2D eigenvalue weighted by molar-refractivity contribution is -0.126. The number of hydrogen-bond donors (Lipinski definition) is 1. The van der Waals surface area contributed by atoms with Crippen LogP contribution < -0.4 is 5.32 Å². The lowest BCUT2D eigenvalue weighted by Gasteiger charge is -2.26. The maximum Gasteiger partial charge on any atom is 0.263 e. The van der Waals surface area contributed by atoms with E-state index in [4.69, 9.17) is 0 Å². The number of piperidine rings is 1. The summed E-state index contributed by atoms with van der Waals surface area (Å²) in [7, 11) is 0. The van der Waals surface area contributed by atoms with Gasteiger partial charge in [-0.15, -0.1) is 11.3 Å². The Labute approximate surface area is 155 Å². The minimum Gasteiger partial charge on any atom is -0.353 e. The zero-order valence-electron chi connectivity index (χ0n) is 15.5. The maximum absolute atomic E-state index is 12.7. The number of carbonyl (C=O) groups excluding carboxylic acids is 2. The average Bonchev–Trinajstić information content (AvgIpc) is 3.09. The molecule has 0 bridgehead atoms. The molecule has 1 aromatic rings. The number of thiophene rings is 1. The lowest BCUT2D eigenvalue weighted by atomic mass is 9.87. The van der Waals surface area contributed by atoms with Crippen molar-refractivity contribution in [3.63, 3.8) is 0 Å². The van der Waals surface area contributed by atoms with Crippen molar-refractivity contribution in [2.75, 3.05) is 13.1 Å². The first kappa shape index (κ1) is 18.4. The molecule has 138 valence electrons. The molecule has 1 N–H and O–H groups in total. The number of likely N-dealkylation sites (tertiary alicyclic amines) is 1. The summed E-state index contributed by atoms with van der Waals surface area (Å²) in [5, 5.41) is 3.19. The fraction of sp³-hybridized carbons (Fsp3) is 0.700. The van der Waals surface area contributed by atoms with E-state index in [1.165, 1.54) is 16.9 Å². The fourth-order valence-corrected chi connectivity index (χ4v) is 5.09. The van der Waals surface area contributed by atoms with E-state index in [-0.39, 0.29) is 23.8 Å². The highest BCUT2D eigenvalue weighted by Gasteiger charge is 2.29. The first-order valence-corrected chi connectivity index (χ1v) is 10.6. The third-order valence-corrected chi connectivity index (χ3v) is 6.86. The van der Waals surface area contributed by atoms with Crippen molar-refractivity contribution < 1.29 is 9.59 Å². The third-order valence-electron chi connectivity index (χ3n) is 5.64. The Morgan fingerprint density at radius 3 is 2.64 bits per heavy atom. The van der Waals surface area contributed by atoms with Gasteiger partial charge in [-0.1, -0.05) is 13.8 Å². The molecular weight excluding hydrogens is 332 g/mol. The summed E-state index contributed by atoms with van der Waals surface area (Å²) in [5.41, 5.74) is 1.22. The molecule has 1 aromatic heterocycles. The van der Waals surface area contributed by atoms with Crippen LogP contribution in [0, 0.1) is 5.92 Å². The Morgan fingerprint density at radius 1 is 1.24 bits per heavy atom. The van der Waals surface area contributed by atoms with Crippen LogP contribution in [0.2, 0.25) is 0 Å². The molecule has 1 aliphatic heterocycles. The molecule has 25 heavy (non-hydrogen) atoms. The smallest absolute Gasteiger partial charge is 0.263 e. The molecule has 0 spiro atoms. The summed E-state index contributed by atoms with van der Waals surface area (Å²) in [4.78, 5) is 29.4. The molecule has 4 nitrogen and oxygen atoms in total. The second-order valence-electron chi connectivity index (χ2n) is 7.37. The molecule has 5 heteroatoms. The average molecular weight is 363 g/mol. The minimum absolute atomic E-state index is 0.0561. The Balaban J connectivity index is 1.64. The number of nitrogens with one attached hydrogen (secondary N) is 1. The molecule has 2 amide bonds. The van der Waals surface area contributed by atoms with E-state index in [0.29, 0.717) is 0 Å². The minimum atomic E-state index is 0.0561. The number of amides is 2. The van der Waals surface area contributed by atoms with Gasteiger partial charge in [-0.2, -0.15) is 0 Å². The molecule has 2 aliphatic rings. The number of nitrogens with zero attached hydrogens (tertiary/aromatic N) is 1. The lowest BCUT2D eigenvalue weighted by Crippen LogP contribution is -2.40. The summed E-state index contributed by atoms with van der Waals surface area (Å²) in [6, 6.07) is 2.35. The Bertz CT molecular complexity index is 615. The number of fused-ring (bicyclic) bond motifs is 1. The van der Waals surface area contributed by atoms with Gasteiger partial charge in [-0.3, -0.25) is 9.59 Å². The van der Waals surface area contributed by atoms with Crippen LogP contribution in [0.3, 0.4) is 0 Å². The van der Waals surface area contributed by atoms with Crippen LogP contribution in [0.5, 0.6) is 0 Å². The van der Waals surface area contributed by atoms with Gasteiger partial charge in [-0.25, -0.2) is 0 Å². The highest BCUT2D eigenvalue weighted by Crippen LogP contribution is 2.33. The standard InChI is InChI=1S/C20H30N2O2S/c1-3-16(4-2)21-19(23)14-8-9-17-15(12-14)13-18(25-17)20(24)22-10-6-5-7-11-22/h13-14,16H,3-12H2,1-2H3,(H,21,23)/t14-/m1/s1. The second kappa shape index (κ2) is 8.35. The maximum atomic E-state index is 12.7. The predicted molar refractivity (Wildman–Crippen MR) is 102 cm³/mol. The van der Waals surface area contributed by atoms with Crippen LogP contribution in [0.1, 0.15) is 72.5 Å². The molecule has 0 aromatic carbocycles. The van der Waals surface area contributed by atoms with Crippen molar-refractivity contribution in [2.45, 2.75) is 71.3 Å².